The van der Waals surface area contributed by atoms with Crippen LogP contribution in [-0.2, 0) is 10.8 Å². The quantitative estimate of drug-likeness (QED) is 0.214. The van der Waals surface area contributed by atoms with Crippen molar-refractivity contribution in [1.82, 2.24) is 15.0 Å². The molecule has 0 saturated heterocycles. The maximum atomic E-state index is 6.03. The molecule has 0 unspecified atom stereocenters. The number of hydrogen-bond donors (Lipinski definition) is 0. The van der Waals surface area contributed by atoms with E-state index in [0.29, 0.717) is 11.8 Å². The number of oxazole rings is 3. The third kappa shape index (κ3) is 5.17. The summed E-state index contributed by atoms with van der Waals surface area (Å²) in [6.07, 6.45) is 1.45. The van der Waals surface area contributed by atoms with Crippen LogP contribution in [-0.4, -0.2) is 15.0 Å². The minimum atomic E-state index is 0.0726. The first-order valence-corrected chi connectivity index (χ1v) is 14.1. The Kier molecular flexibility index (Phi) is 6.34. The fourth-order valence-electron chi connectivity index (χ4n) is 4.37. The number of rotatable bonds is 2. The normalized spacial score (nSPS) is 12.2. The van der Waals surface area contributed by atoms with Crippen LogP contribution in [0.3, 0.4) is 0 Å². The van der Waals surface area contributed by atoms with Crippen LogP contribution in [0.15, 0.2) is 92.4 Å². The van der Waals surface area contributed by atoms with Crippen LogP contribution >= 0.6 is 11.3 Å². The van der Waals surface area contributed by atoms with Gasteiger partial charge in [0.25, 0.3) is 0 Å². The second kappa shape index (κ2) is 9.75. The first kappa shape index (κ1) is 26.0. The summed E-state index contributed by atoms with van der Waals surface area (Å²) >= 11 is 1.58. The highest BCUT2D eigenvalue weighted by molar-refractivity contribution is 7.18. The molecule has 0 fully saturated rings. The number of para-hydroxylation sites is 2. The molecule has 0 aliphatic rings. The molecule has 0 bridgehead atoms. The molecule has 202 valence electrons. The predicted molar refractivity (Wildman–Crippen MR) is 162 cm³/mol. The van der Waals surface area contributed by atoms with E-state index >= 15 is 0 Å². The summed E-state index contributed by atoms with van der Waals surface area (Å²) in [7, 11) is 0. The number of fused-ring (bicyclic) bond motifs is 3. The standard InChI is InChI=1S/C26H26N2O2S.C7H5NO/c1-25(2,3)15-7-9-19-17(13-15)27-23(29-19)21-11-12-22(31-21)24-28-18-14-16(26(4,5)6)8-10-20(18)30-24;1-2-4-7-6(3-1)8-5-9-7/h7-14H,1-6H3;1-5H. The monoisotopic (exact) mass is 549 g/mol. The molecule has 0 aliphatic heterocycles. The molecule has 0 spiro atoms. The highest BCUT2D eigenvalue weighted by atomic mass is 32.1. The summed E-state index contributed by atoms with van der Waals surface area (Å²) in [5, 5.41) is 0. The molecular weight excluding hydrogens is 518 g/mol. The fraction of sp³-hybridized carbons (Fsp3) is 0.242. The largest absolute Gasteiger partial charge is 0.443 e. The first-order valence-electron chi connectivity index (χ1n) is 13.3. The molecule has 0 saturated carbocycles. The predicted octanol–water partition coefficient (Wildman–Crippen LogP) is 9.79. The van der Waals surface area contributed by atoms with Gasteiger partial charge in [-0.2, -0.15) is 0 Å². The Morgan fingerprint density at radius 1 is 0.575 bits per heavy atom. The Balaban J connectivity index is 0.000000271. The van der Waals surface area contributed by atoms with Crippen LogP contribution in [0, 0.1) is 0 Å². The number of nitrogens with zero attached hydrogens (tertiary/aromatic N) is 3. The number of aromatic nitrogens is 3. The molecular formula is C33H31N3O3S. The number of benzene rings is 3. The van der Waals surface area contributed by atoms with E-state index < -0.39 is 0 Å². The lowest BCUT2D eigenvalue weighted by molar-refractivity contribution is 0.589. The Morgan fingerprint density at radius 3 is 1.60 bits per heavy atom. The summed E-state index contributed by atoms with van der Waals surface area (Å²) in [5.41, 5.74) is 7.76. The smallest absolute Gasteiger partial charge is 0.237 e. The number of thiophene rings is 1. The summed E-state index contributed by atoms with van der Waals surface area (Å²) < 4.78 is 17.1. The maximum absolute atomic E-state index is 6.03. The van der Waals surface area contributed by atoms with Gasteiger partial charge in [-0.25, -0.2) is 15.0 Å². The molecule has 7 aromatic rings. The van der Waals surface area contributed by atoms with Gasteiger partial charge in [-0.3, -0.25) is 0 Å². The van der Waals surface area contributed by atoms with Gasteiger partial charge >= 0.3 is 0 Å². The van der Waals surface area contributed by atoms with E-state index in [9.17, 15) is 0 Å². The van der Waals surface area contributed by atoms with E-state index in [4.69, 9.17) is 23.2 Å². The average Bonchev–Trinajstić information content (AvgIpc) is 3.70. The van der Waals surface area contributed by atoms with Gasteiger partial charge in [0.2, 0.25) is 11.8 Å². The van der Waals surface area contributed by atoms with E-state index in [2.05, 4.69) is 70.8 Å². The highest BCUT2D eigenvalue weighted by Crippen LogP contribution is 2.37. The molecule has 6 nitrogen and oxygen atoms in total. The molecule has 3 aromatic carbocycles. The zero-order chi connectivity index (χ0) is 28.1. The van der Waals surface area contributed by atoms with Crippen molar-refractivity contribution in [1.29, 1.82) is 0 Å². The SMILES string of the molecule is CC(C)(C)c1ccc2oc(-c3ccc(-c4nc5cc(C(C)(C)C)ccc5o4)s3)nc2c1.c1ccc2ocnc2c1. The summed E-state index contributed by atoms with van der Waals surface area (Å²) in [4.78, 5) is 15.3. The molecule has 0 N–H and O–H groups in total. The Labute approximate surface area is 236 Å². The third-order valence-electron chi connectivity index (χ3n) is 6.77. The van der Waals surface area contributed by atoms with Crippen molar-refractivity contribution in [3.05, 3.63) is 90.3 Å². The van der Waals surface area contributed by atoms with Crippen molar-refractivity contribution in [2.45, 2.75) is 52.4 Å². The second-order valence-corrected chi connectivity index (χ2v) is 13.0. The molecule has 4 aromatic heterocycles. The van der Waals surface area contributed by atoms with Crippen molar-refractivity contribution >= 4 is 44.6 Å². The van der Waals surface area contributed by atoms with Crippen molar-refractivity contribution in [2.75, 3.05) is 0 Å². The Morgan fingerprint density at radius 2 is 1.10 bits per heavy atom. The third-order valence-corrected chi connectivity index (χ3v) is 7.83. The van der Waals surface area contributed by atoms with E-state index in [1.165, 1.54) is 17.5 Å². The first-order chi connectivity index (χ1) is 19.0. The van der Waals surface area contributed by atoms with Gasteiger partial charge in [-0.05, 0) is 70.5 Å². The molecule has 7 rings (SSSR count). The van der Waals surface area contributed by atoms with Gasteiger partial charge in [0.05, 0.1) is 9.75 Å². The minimum absolute atomic E-state index is 0.0726. The highest BCUT2D eigenvalue weighted by Gasteiger charge is 2.19. The summed E-state index contributed by atoms with van der Waals surface area (Å²) in [5.74, 6) is 1.26. The molecule has 0 amide bonds. The van der Waals surface area contributed by atoms with Gasteiger partial charge in [-0.15, -0.1) is 11.3 Å². The van der Waals surface area contributed by atoms with Crippen molar-refractivity contribution in [2.24, 2.45) is 0 Å². The molecule has 0 atom stereocenters. The van der Waals surface area contributed by atoms with Crippen LogP contribution in [0.4, 0.5) is 0 Å². The van der Waals surface area contributed by atoms with Crippen LogP contribution in [0.2, 0.25) is 0 Å². The maximum Gasteiger partial charge on any atom is 0.237 e. The lowest BCUT2D eigenvalue weighted by Crippen LogP contribution is -2.10. The Hall–Kier alpha value is -4.23. The zero-order valence-electron chi connectivity index (χ0n) is 23.5. The fourth-order valence-corrected chi connectivity index (χ4v) is 5.23. The Bertz CT molecular complexity index is 1810. The van der Waals surface area contributed by atoms with E-state index in [-0.39, 0.29) is 10.8 Å². The van der Waals surface area contributed by atoms with Crippen molar-refractivity contribution in [3.63, 3.8) is 0 Å². The van der Waals surface area contributed by atoms with Crippen LogP contribution in [0.25, 0.3) is 54.8 Å². The second-order valence-electron chi connectivity index (χ2n) is 11.9. The van der Waals surface area contributed by atoms with E-state index in [1.54, 1.807) is 11.3 Å². The number of hydrogen-bond acceptors (Lipinski definition) is 7. The van der Waals surface area contributed by atoms with Gasteiger partial charge in [0.15, 0.2) is 23.1 Å². The van der Waals surface area contributed by atoms with Gasteiger partial charge in [0.1, 0.15) is 16.6 Å². The topological polar surface area (TPSA) is 78.1 Å². The van der Waals surface area contributed by atoms with Crippen LogP contribution in [0.1, 0.15) is 52.7 Å². The minimum Gasteiger partial charge on any atom is -0.443 e. The molecule has 7 heteroatoms. The molecule has 40 heavy (non-hydrogen) atoms. The molecule has 4 heterocycles. The van der Waals surface area contributed by atoms with Crippen molar-refractivity contribution < 1.29 is 13.3 Å². The lowest BCUT2D eigenvalue weighted by atomic mass is 9.87. The zero-order valence-corrected chi connectivity index (χ0v) is 24.3. The average molecular weight is 550 g/mol. The van der Waals surface area contributed by atoms with Crippen molar-refractivity contribution in [3.8, 4) is 21.5 Å². The van der Waals surface area contributed by atoms with Gasteiger partial charge < -0.3 is 13.3 Å². The van der Waals surface area contributed by atoms with E-state index in [1.807, 2.05) is 48.5 Å². The van der Waals surface area contributed by atoms with Crippen LogP contribution < -0.4 is 0 Å². The summed E-state index contributed by atoms with van der Waals surface area (Å²) in [6.45, 7) is 13.2. The molecule has 0 radical (unpaired) electrons. The lowest BCUT2D eigenvalue weighted by Gasteiger charge is -2.18. The van der Waals surface area contributed by atoms with Crippen LogP contribution in [0.5, 0.6) is 0 Å². The van der Waals surface area contributed by atoms with E-state index in [0.717, 1.165) is 43.1 Å². The molecule has 0 aliphatic carbocycles. The van der Waals surface area contributed by atoms with Gasteiger partial charge in [0, 0.05) is 0 Å². The van der Waals surface area contributed by atoms with Gasteiger partial charge in [-0.1, -0.05) is 65.8 Å². The summed E-state index contributed by atoms with van der Waals surface area (Å²) in [6, 6.07) is 24.2.